The first kappa shape index (κ1) is 21.2. The van der Waals surface area contributed by atoms with Crippen molar-refractivity contribution in [1.29, 1.82) is 0 Å². The van der Waals surface area contributed by atoms with Gasteiger partial charge in [0.2, 0.25) is 0 Å². The molecule has 0 unspecified atom stereocenters. The van der Waals surface area contributed by atoms with Crippen LogP contribution in [-0.2, 0) is 6.54 Å². The van der Waals surface area contributed by atoms with Crippen molar-refractivity contribution >= 4 is 27.6 Å². The predicted molar refractivity (Wildman–Crippen MR) is 127 cm³/mol. The first-order chi connectivity index (χ1) is 17.0. The Labute approximate surface area is 197 Å². The van der Waals surface area contributed by atoms with Gasteiger partial charge in [-0.25, -0.2) is 23.4 Å². The number of nitrogens with zero attached hydrogens (tertiary/aromatic N) is 5. The molecule has 0 saturated heterocycles. The molecule has 0 amide bonds. The Kier molecular flexibility index (Phi) is 4.77. The zero-order chi connectivity index (χ0) is 24.3. The third-order valence-corrected chi connectivity index (χ3v) is 6.32. The molecular weight excluding hydrogens is 454 g/mol. The summed E-state index contributed by atoms with van der Waals surface area (Å²) in [6.07, 6.45) is 3.02. The number of hydrogen-bond acceptors (Lipinski definition) is 6. The van der Waals surface area contributed by atoms with Gasteiger partial charge in [-0.1, -0.05) is 12.1 Å². The number of ether oxygens (including phenoxy) is 1. The summed E-state index contributed by atoms with van der Waals surface area (Å²) in [6.45, 7) is 0.184. The minimum atomic E-state index is -0.540. The summed E-state index contributed by atoms with van der Waals surface area (Å²) in [7, 11) is 1.39. The third-order valence-electron chi connectivity index (χ3n) is 6.32. The average Bonchev–Trinajstić information content (AvgIpc) is 3.60. The molecule has 35 heavy (non-hydrogen) atoms. The van der Waals surface area contributed by atoms with Crippen LogP contribution in [0, 0.1) is 11.6 Å². The second kappa shape index (κ2) is 7.86. The summed E-state index contributed by atoms with van der Waals surface area (Å²) in [5.41, 5.74) is 7.82. The highest BCUT2D eigenvalue weighted by atomic mass is 19.1. The molecule has 0 spiro atoms. The van der Waals surface area contributed by atoms with Crippen LogP contribution in [0.3, 0.4) is 0 Å². The fourth-order valence-corrected chi connectivity index (χ4v) is 4.55. The van der Waals surface area contributed by atoms with Crippen molar-refractivity contribution in [2.24, 2.45) is 0 Å². The van der Waals surface area contributed by atoms with Gasteiger partial charge in [0, 0.05) is 17.3 Å². The Morgan fingerprint density at radius 1 is 1.09 bits per heavy atom. The van der Waals surface area contributed by atoms with Gasteiger partial charge in [0.15, 0.2) is 17.2 Å². The van der Waals surface area contributed by atoms with Crippen molar-refractivity contribution in [3.05, 3.63) is 76.5 Å². The van der Waals surface area contributed by atoms with Crippen molar-refractivity contribution in [2.45, 2.75) is 25.4 Å². The fourth-order valence-electron chi connectivity index (χ4n) is 4.55. The van der Waals surface area contributed by atoms with E-state index in [2.05, 4.69) is 9.97 Å². The molecule has 0 radical (unpaired) electrons. The molecule has 0 atom stereocenters. The Bertz CT molecular complexity index is 1690. The number of aromatic nitrogens is 5. The molecule has 1 saturated carbocycles. The SMILES string of the molecule is COc1ccc(-c2nn(Cc3cc4cccc(F)c4c(=O)n3C3CC3)c3ncnc(N)c23)cc1F. The molecular formula is C25H20F2N6O2. The Hall–Kier alpha value is -4.34. The normalized spacial score (nSPS) is 13.6. The summed E-state index contributed by atoms with van der Waals surface area (Å²) in [5, 5.41) is 5.77. The van der Waals surface area contributed by atoms with Gasteiger partial charge in [-0.15, -0.1) is 0 Å². The summed E-state index contributed by atoms with van der Waals surface area (Å²) in [6, 6.07) is 10.9. The quantitative estimate of drug-likeness (QED) is 0.412. The highest BCUT2D eigenvalue weighted by Gasteiger charge is 2.29. The van der Waals surface area contributed by atoms with Crippen LogP contribution >= 0.6 is 0 Å². The van der Waals surface area contributed by atoms with E-state index in [1.165, 1.54) is 31.6 Å². The second-order valence-electron chi connectivity index (χ2n) is 8.56. The molecule has 0 aliphatic heterocycles. The van der Waals surface area contributed by atoms with E-state index in [9.17, 15) is 13.6 Å². The van der Waals surface area contributed by atoms with Crippen molar-refractivity contribution in [3.63, 3.8) is 0 Å². The van der Waals surface area contributed by atoms with E-state index in [-0.39, 0.29) is 35.1 Å². The molecule has 3 aromatic heterocycles. The van der Waals surface area contributed by atoms with Crippen LogP contribution in [0.15, 0.2) is 53.6 Å². The molecule has 1 aliphatic rings. The highest BCUT2D eigenvalue weighted by Crippen LogP contribution is 2.37. The summed E-state index contributed by atoms with van der Waals surface area (Å²) >= 11 is 0. The van der Waals surface area contributed by atoms with Crippen LogP contribution < -0.4 is 16.0 Å². The lowest BCUT2D eigenvalue weighted by Crippen LogP contribution is -2.25. The Morgan fingerprint density at radius 2 is 1.91 bits per heavy atom. The first-order valence-electron chi connectivity index (χ1n) is 11.1. The lowest BCUT2D eigenvalue weighted by Gasteiger charge is -2.14. The molecule has 10 heteroatoms. The number of rotatable bonds is 5. The largest absolute Gasteiger partial charge is 0.494 e. The summed E-state index contributed by atoms with van der Waals surface area (Å²) < 4.78 is 37.3. The minimum Gasteiger partial charge on any atom is -0.494 e. The lowest BCUT2D eigenvalue weighted by molar-refractivity contribution is 0.386. The van der Waals surface area contributed by atoms with E-state index in [1.807, 2.05) is 6.07 Å². The van der Waals surface area contributed by atoms with Crippen LogP contribution in [0.25, 0.3) is 33.1 Å². The van der Waals surface area contributed by atoms with E-state index in [4.69, 9.17) is 15.6 Å². The molecule has 1 aliphatic carbocycles. The van der Waals surface area contributed by atoms with Gasteiger partial charge in [-0.05, 0) is 48.6 Å². The Balaban J connectivity index is 1.55. The Morgan fingerprint density at radius 3 is 2.66 bits per heavy atom. The second-order valence-corrected chi connectivity index (χ2v) is 8.56. The van der Waals surface area contributed by atoms with Gasteiger partial charge < -0.3 is 15.0 Å². The molecule has 1 fully saturated rings. The number of hydrogen-bond donors (Lipinski definition) is 1. The zero-order valence-corrected chi connectivity index (χ0v) is 18.7. The van der Waals surface area contributed by atoms with Crippen molar-refractivity contribution in [3.8, 4) is 17.0 Å². The zero-order valence-electron chi connectivity index (χ0n) is 18.7. The summed E-state index contributed by atoms with van der Waals surface area (Å²) in [4.78, 5) is 21.7. The molecule has 6 rings (SSSR count). The van der Waals surface area contributed by atoms with Gasteiger partial charge in [0.05, 0.1) is 24.4 Å². The molecule has 0 bridgehead atoms. The van der Waals surface area contributed by atoms with Gasteiger partial charge in [0.25, 0.3) is 5.56 Å². The number of anilines is 1. The number of halogens is 2. The molecule has 5 aromatic rings. The van der Waals surface area contributed by atoms with Gasteiger partial charge in [-0.2, -0.15) is 5.10 Å². The number of nitrogens with two attached hydrogens (primary N) is 1. The number of pyridine rings is 1. The predicted octanol–water partition coefficient (Wildman–Crippen LogP) is 4.06. The van der Waals surface area contributed by atoms with Crippen LogP contribution in [0.2, 0.25) is 0 Å². The van der Waals surface area contributed by atoms with E-state index in [0.29, 0.717) is 33.4 Å². The van der Waals surface area contributed by atoms with Crippen LogP contribution in [0.5, 0.6) is 5.75 Å². The lowest BCUT2D eigenvalue weighted by atomic mass is 10.1. The van der Waals surface area contributed by atoms with Crippen molar-refractivity contribution < 1.29 is 13.5 Å². The molecule has 3 heterocycles. The minimum absolute atomic E-state index is 0.0122. The van der Waals surface area contributed by atoms with Gasteiger partial charge in [-0.3, -0.25) is 4.79 Å². The maximum Gasteiger partial charge on any atom is 0.261 e. The van der Waals surface area contributed by atoms with Crippen LogP contribution in [-0.4, -0.2) is 31.4 Å². The van der Waals surface area contributed by atoms with Crippen LogP contribution in [0.1, 0.15) is 24.6 Å². The summed E-state index contributed by atoms with van der Waals surface area (Å²) in [5.74, 6) is -0.768. The maximum absolute atomic E-state index is 14.5. The molecule has 176 valence electrons. The standard InChI is InChI=1S/C25H20F2N6O2/c1-35-19-8-5-14(10-18(19)27)22-21-23(28)29-12-30-24(21)32(31-22)11-16-9-13-3-2-4-17(26)20(13)25(34)33(16)15-6-7-15/h2-5,8-10,12,15H,6-7,11H2,1H3,(H2,28,29,30). The molecule has 2 N–H and O–H groups in total. The first-order valence-corrected chi connectivity index (χ1v) is 11.1. The third kappa shape index (κ3) is 3.40. The van der Waals surface area contributed by atoms with Crippen molar-refractivity contribution in [1.82, 2.24) is 24.3 Å². The number of benzene rings is 2. The smallest absolute Gasteiger partial charge is 0.261 e. The number of nitrogen functional groups attached to an aromatic ring is 1. The van der Waals surface area contributed by atoms with Crippen LogP contribution in [0.4, 0.5) is 14.6 Å². The fraction of sp³-hybridized carbons (Fsp3) is 0.200. The van der Waals surface area contributed by atoms with E-state index in [0.717, 1.165) is 12.8 Å². The average molecular weight is 474 g/mol. The van der Waals surface area contributed by atoms with Gasteiger partial charge in [0.1, 0.15) is 23.7 Å². The molecule has 2 aromatic carbocycles. The highest BCUT2D eigenvalue weighted by molar-refractivity contribution is 5.98. The van der Waals surface area contributed by atoms with Gasteiger partial charge >= 0.3 is 0 Å². The van der Waals surface area contributed by atoms with E-state index < -0.39 is 11.6 Å². The number of methoxy groups -OCH3 is 1. The topological polar surface area (TPSA) is 101 Å². The van der Waals surface area contributed by atoms with E-state index in [1.54, 1.807) is 27.4 Å². The van der Waals surface area contributed by atoms with E-state index >= 15 is 0 Å². The number of fused-ring (bicyclic) bond motifs is 2. The monoisotopic (exact) mass is 474 g/mol. The van der Waals surface area contributed by atoms with Crippen molar-refractivity contribution in [2.75, 3.05) is 12.8 Å². The molecule has 8 nitrogen and oxygen atoms in total. The maximum atomic E-state index is 14.5.